The van der Waals surface area contributed by atoms with Crippen molar-refractivity contribution in [3.05, 3.63) is 29.3 Å². The lowest BCUT2D eigenvalue weighted by molar-refractivity contribution is -0.137. The van der Waals surface area contributed by atoms with Crippen molar-refractivity contribution in [1.29, 1.82) is 0 Å². The van der Waals surface area contributed by atoms with Gasteiger partial charge in [0, 0.05) is 24.9 Å². The molecule has 0 spiro atoms. The van der Waals surface area contributed by atoms with E-state index in [-0.39, 0.29) is 0 Å². The molecule has 2 heterocycles. The molecule has 5 atom stereocenters. The summed E-state index contributed by atoms with van der Waals surface area (Å²) in [6, 6.07) is 7.30. The first-order chi connectivity index (χ1) is 15.1. The first-order valence-corrected chi connectivity index (χ1v) is 13.1. The molecule has 5 unspecified atom stereocenters. The molecule has 1 saturated heterocycles. The van der Waals surface area contributed by atoms with Gasteiger partial charge < -0.3 is 4.74 Å². The normalized spacial score (nSPS) is 40.2. The Balaban J connectivity index is 1.45. The molecule has 2 aliphatic heterocycles. The minimum atomic E-state index is 0.334. The number of hydrogen-bond donors (Lipinski definition) is 0. The number of fused-ring (bicyclic) bond motifs is 5. The monoisotopic (exact) mass is 421 g/mol. The van der Waals surface area contributed by atoms with Crippen molar-refractivity contribution in [2.24, 2.45) is 35.5 Å². The summed E-state index contributed by atoms with van der Waals surface area (Å²) in [4.78, 5) is 16.8. The fraction of sp³-hybridized carbons (Fsp3) is 0.750. The second kappa shape index (κ2) is 7.90. The molecule has 4 bridgehead atoms. The summed E-state index contributed by atoms with van der Waals surface area (Å²) in [5.74, 6) is 5.82. The van der Waals surface area contributed by atoms with E-state index in [2.05, 4.69) is 30.0 Å². The van der Waals surface area contributed by atoms with E-state index in [9.17, 15) is 4.79 Å². The summed E-state index contributed by atoms with van der Waals surface area (Å²) >= 11 is 0. The standard InChI is InChI=1S/C28H39NO2/c1-17-25-13-21-9-10-23(31-2)15-24(21)22(11-12-29(25)16-18-3-4-18)14-26(30)28-20-7-5-19(6-8-20)27(17)28/h9-10,15,17-20,22,25,27-28H,3-8,11-14,16H2,1-2H3. The molecule has 5 aliphatic carbocycles. The number of carbonyl (C=O) groups is 1. The Morgan fingerprint density at radius 2 is 1.77 bits per heavy atom. The van der Waals surface area contributed by atoms with Gasteiger partial charge in [-0.1, -0.05) is 13.0 Å². The van der Waals surface area contributed by atoms with Gasteiger partial charge in [-0.25, -0.2) is 0 Å². The molecular formula is C28H39NO2. The van der Waals surface area contributed by atoms with Crippen LogP contribution in [0.3, 0.4) is 0 Å². The molecule has 7 aliphatic rings. The molecule has 4 saturated carbocycles. The van der Waals surface area contributed by atoms with Crippen molar-refractivity contribution in [2.45, 2.75) is 76.7 Å². The van der Waals surface area contributed by atoms with Gasteiger partial charge in [0.1, 0.15) is 11.5 Å². The molecule has 1 aromatic carbocycles. The number of nitrogens with zero attached hydrogens (tertiary/aromatic N) is 1. The molecule has 5 fully saturated rings. The van der Waals surface area contributed by atoms with E-state index in [0.717, 1.165) is 43.4 Å². The van der Waals surface area contributed by atoms with Gasteiger partial charge in [-0.05, 0) is 117 Å². The number of Topliss-reactive ketones (excluding diaryl/α,β-unsaturated/α-hetero) is 1. The van der Waals surface area contributed by atoms with E-state index >= 15 is 0 Å². The molecule has 8 rings (SSSR count). The van der Waals surface area contributed by atoms with E-state index in [1.807, 2.05) is 0 Å². The third-order valence-electron chi connectivity index (χ3n) is 9.96. The van der Waals surface area contributed by atoms with Crippen molar-refractivity contribution in [3.8, 4) is 5.75 Å². The number of ether oxygens (including phenoxy) is 1. The maximum Gasteiger partial charge on any atom is 0.137 e. The smallest absolute Gasteiger partial charge is 0.137 e. The molecule has 168 valence electrons. The van der Waals surface area contributed by atoms with Gasteiger partial charge >= 0.3 is 0 Å². The number of hydrogen-bond acceptors (Lipinski definition) is 3. The van der Waals surface area contributed by atoms with Crippen LogP contribution in [0.5, 0.6) is 5.75 Å². The lowest BCUT2D eigenvalue weighted by atomic mass is 9.52. The Bertz CT molecular complexity index is 837. The van der Waals surface area contributed by atoms with E-state index in [4.69, 9.17) is 4.74 Å². The maximum absolute atomic E-state index is 13.9. The Morgan fingerprint density at radius 1 is 1.00 bits per heavy atom. The first kappa shape index (κ1) is 20.3. The van der Waals surface area contributed by atoms with Crippen LogP contribution in [0.1, 0.15) is 75.3 Å². The summed E-state index contributed by atoms with van der Waals surface area (Å²) < 4.78 is 5.61. The zero-order valence-corrected chi connectivity index (χ0v) is 19.4. The van der Waals surface area contributed by atoms with Crippen LogP contribution < -0.4 is 4.74 Å². The highest BCUT2D eigenvalue weighted by molar-refractivity contribution is 5.83. The molecule has 3 nitrogen and oxygen atoms in total. The van der Waals surface area contributed by atoms with Crippen molar-refractivity contribution < 1.29 is 9.53 Å². The van der Waals surface area contributed by atoms with Crippen molar-refractivity contribution in [3.63, 3.8) is 0 Å². The largest absolute Gasteiger partial charge is 0.497 e. The molecule has 3 heteroatoms. The SMILES string of the molecule is COc1ccc2c(c1)C1CCN(CC3CC3)C(C2)C(C)C2C3CCC(CC3)C2C(=O)C1. The number of carbonyl (C=O) groups excluding carboxylic acids is 1. The second-order valence-corrected chi connectivity index (χ2v) is 11.6. The van der Waals surface area contributed by atoms with Gasteiger partial charge in [-0.3, -0.25) is 9.69 Å². The minimum absolute atomic E-state index is 0.334. The number of rotatable bonds is 3. The molecule has 1 aromatic rings. The molecular weight excluding hydrogens is 382 g/mol. The van der Waals surface area contributed by atoms with Crippen LogP contribution in [0, 0.1) is 35.5 Å². The summed E-state index contributed by atoms with van der Waals surface area (Å²) in [5, 5.41) is 0. The van der Waals surface area contributed by atoms with Crippen LogP contribution in [-0.2, 0) is 11.2 Å². The highest BCUT2D eigenvalue weighted by Gasteiger charge is 2.51. The van der Waals surface area contributed by atoms with Gasteiger partial charge in [0.15, 0.2) is 0 Å². The van der Waals surface area contributed by atoms with E-state index < -0.39 is 0 Å². The Kier molecular flexibility index (Phi) is 5.17. The number of benzene rings is 1. The quantitative estimate of drug-likeness (QED) is 0.648. The molecule has 0 amide bonds. The van der Waals surface area contributed by atoms with Crippen LogP contribution in [0.25, 0.3) is 0 Å². The Morgan fingerprint density at radius 3 is 2.52 bits per heavy atom. The maximum atomic E-state index is 13.9. The third kappa shape index (κ3) is 3.56. The molecule has 31 heavy (non-hydrogen) atoms. The summed E-state index contributed by atoms with van der Waals surface area (Å²) in [5.41, 5.74) is 2.89. The van der Waals surface area contributed by atoms with Crippen LogP contribution >= 0.6 is 0 Å². The van der Waals surface area contributed by atoms with Crippen molar-refractivity contribution >= 4 is 5.78 Å². The lowest BCUT2D eigenvalue weighted by Crippen LogP contribution is -2.54. The van der Waals surface area contributed by atoms with Gasteiger partial charge in [-0.15, -0.1) is 0 Å². The Hall–Kier alpha value is -1.35. The first-order valence-electron chi connectivity index (χ1n) is 13.1. The third-order valence-corrected chi connectivity index (χ3v) is 9.96. The average Bonchev–Trinajstić information content (AvgIpc) is 3.62. The van der Waals surface area contributed by atoms with Crippen LogP contribution in [0.2, 0.25) is 0 Å². The lowest BCUT2D eigenvalue weighted by Gasteiger charge is -2.54. The number of ketones is 1. The topological polar surface area (TPSA) is 29.5 Å². The van der Waals surface area contributed by atoms with Crippen LogP contribution in [-0.4, -0.2) is 36.9 Å². The zero-order valence-electron chi connectivity index (χ0n) is 19.4. The van der Waals surface area contributed by atoms with Crippen LogP contribution in [0.15, 0.2) is 18.2 Å². The van der Waals surface area contributed by atoms with Crippen LogP contribution in [0.4, 0.5) is 0 Å². The summed E-state index contributed by atoms with van der Waals surface area (Å²) in [7, 11) is 1.76. The van der Waals surface area contributed by atoms with E-state index in [1.165, 1.54) is 56.2 Å². The second-order valence-electron chi connectivity index (χ2n) is 11.6. The highest BCUT2D eigenvalue weighted by Crippen LogP contribution is 2.55. The van der Waals surface area contributed by atoms with E-state index in [1.54, 1.807) is 7.11 Å². The summed E-state index contributed by atoms with van der Waals surface area (Å²) in [6.07, 6.45) is 11.2. The van der Waals surface area contributed by atoms with Gasteiger partial charge in [0.2, 0.25) is 0 Å². The van der Waals surface area contributed by atoms with Gasteiger partial charge in [0.05, 0.1) is 7.11 Å². The fourth-order valence-electron chi connectivity index (χ4n) is 8.22. The average molecular weight is 422 g/mol. The predicted molar refractivity (Wildman–Crippen MR) is 123 cm³/mol. The molecule has 0 aromatic heterocycles. The fourth-order valence-corrected chi connectivity index (χ4v) is 8.22. The van der Waals surface area contributed by atoms with Gasteiger partial charge in [-0.2, -0.15) is 0 Å². The van der Waals surface area contributed by atoms with Gasteiger partial charge in [0.25, 0.3) is 0 Å². The molecule has 0 N–H and O–H groups in total. The zero-order chi connectivity index (χ0) is 21.1. The number of methoxy groups -OCH3 is 1. The van der Waals surface area contributed by atoms with E-state index in [0.29, 0.717) is 41.4 Å². The highest BCUT2D eigenvalue weighted by atomic mass is 16.5. The Labute approximate surface area is 187 Å². The molecule has 0 radical (unpaired) electrons. The van der Waals surface area contributed by atoms with Crippen molar-refractivity contribution in [2.75, 3.05) is 20.2 Å². The van der Waals surface area contributed by atoms with Crippen molar-refractivity contribution in [1.82, 2.24) is 4.90 Å². The predicted octanol–water partition coefficient (Wildman–Crippen LogP) is 5.47. The summed E-state index contributed by atoms with van der Waals surface area (Å²) in [6.45, 7) is 4.97. The minimum Gasteiger partial charge on any atom is -0.497 e.